The van der Waals surface area contributed by atoms with Crippen LogP contribution in [0.3, 0.4) is 0 Å². The summed E-state index contributed by atoms with van der Waals surface area (Å²) in [5.41, 5.74) is 0.621. The van der Waals surface area contributed by atoms with Crippen LogP contribution in [0.15, 0.2) is 41.9 Å². The second kappa shape index (κ2) is 8.27. The predicted octanol–water partition coefficient (Wildman–Crippen LogP) is 0.706. The fourth-order valence-corrected chi connectivity index (χ4v) is 3.52. The number of halogens is 3. The van der Waals surface area contributed by atoms with Crippen molar-refractivity contribution in [1.29, 1.82) is 0 Å². The van der Waals surface area contributed by atoms with Crippen LogP contribution in [0.4, 0.5) is 4.39 Å². The SMILES string of the molecule is Cl.NN=c1nc[nH]c2c1c(F)cn2[C@@H]1O[C@H](C(O)c2ccc(Cl)cc2)[C@@H](O)[C@H]1O. The third kappa shape index (κ3) is 3.59. The number of nitrogens with zero attached hydrogens (tertiary/aromatic N) is 3. The molecule has 0 amide bonds. The van der Waals surface area contributed by atoms with E-state index in [1.807, 2.05) is 0 Å². The maximum absolute atomic E-state index is 14.4. The van der Waals surface area contributed by atoms with Gasteiger partial charge in [0.1, 0.15) is 30.1 Å². The Labute approximate surface area is 174 Å². The van der Waals surface area contributed by atoms with Crippen LogP contribution in [0.25, 0.3) is 11.0 Å². The van der Waals surface area contributed by atoms with Gasteiger partial charge in [-0.1, -0.05) is 23.7 Å². The monoisotopic (exact) mass is 445 g/mol. The highest BCUT2D eigenvalue weighted by Gasteiger charge is 2.47. The van der Waals surface area contributed by atoms with Crippen LogP contribution in [-0.2, 0) is 4.74 Å². The van der Waals surface area contributed by atoms with Gasteiger partial charge in [0.05, 0.1) is 11.7 Å². The first kappa shape index (κ1) is 21.5. The molecule has 1 aromatic carbocycles. The molecule has 3 aromatic rings. The largest absolute Gasteiger partial charge is 0.387 e. The number of aliphatic hydroxyl groups excluding tert-OH is 3. The Morgan fingerprint density at radius 2 is 1.97 bits per heavy atom. The molecule has 5 atom stereocenters. The predicted molar refractivity (Wildman–Crippen MR) is 103 cm³/mol. The zero-order valence-electron chi connectivity index (χ0n) is 14.7. The van der Waals surface area contributed by atoms with E-state index in [0.29, 0.717) is 10.6 Å². The number of nitrogens with one attached hydrogen (secondary N) is 1. The molecule has 29 heavy (non-hydrogen) atoms. The minimum Gasteiger partial charge on any atom is -0.387 e. The molecule has 0 spiro atoms. The summed E-state index contributed by atoms with van der Waals surface area (Å²) in [5, 5.41) is 35.4. The van der Waals surface area contributed by atoms with E-state index >= 15 is 0 Å². The quantitative estimate of drug-likeness (QED) is 0.296. The minimum atomic E-state index is -1.43. The van der Waals surface area contributed by atoms with E-state index in [4.69, 9.17) is 22.2 Å². The van der Waals surface area contributed by atoms with Crippen LogP contribution in [0.1, 0.15) is 17.9 Å². The molecule has 0 saturated carbocycles. The van der Waals surface area contributed by atoms with Crippen molar-refractivity contribution in [3.05, 3.63) is 58.7 Å². The second-order valence-electron chi connectivity index (χ2n) is 6.43. The van der Waals surface area contributed by atoms with Crippen molar-refractivity contribution < 1.29 is 24.4 Å². The van der Waals surface area contributed by atoms with E-state index in [1.54, 1.807) is 24.3 Å². The number of aromatic nitrogens is 3. The van der Waals surface area contributed by atoms with E-state index < -0.39 is 36.5 Å². The Kier molecular flexibility index (Phi) is 6.13. The standard InChI is InChI=1S/C17H17ClFN5O4.ClH/c18-8-3-1-7(2-4-8)11(25)14-12(26)13(27)17(28-14)24-5-9(19)10-15(23-20)21-6-22-16(10)24;/h1-6,11-14,17,25-27H,20H2,(H,21,22,23);1H/t11?,12-,13+,14+,17+;/m0./s1. The summed E-state index contributed by atoms with van der Waals surface area (Å²) in [5.74, 6) is 4.56. The zero-order valence-corrected chi connectivity index (χ0v) is 16.3. The number of fused-ring (bicyclic) bond motifs is 1. The molecule has 0 radical (unpaired) electrons. The van der Waals surface area contributed by atoms with Crippen molar-refractivity contribution in [2.75, 3.05) is 0 Å². The number of hydrogen-bond acceptors (Lipinski definition) is 7. The summed E-state index contributed by atoms with van der Waals surface area (Å²) >= 11 is 5.85. The molecule has 1 aliphatic rings. The van der Waals surface area contributed by atoms with Gasteiger partial charge in [0, 0.05) is 11.2 Å². The third-order valence-corrected chi connectivity index (χ3v) is 5.04. The smallest absolute Gasteiger partial charge is 0.186 e. The summed E-state index contributed by atoms with van der Waals surface area (Å²) < 4.78 is 21.4. The van der Waals surface area contributed by atoms with Gasteiger partial charge in [0.25, 0.3) is 0 Å². The molecule has 9 nitrogen and oxygen atoms in total. The highest BCUT2D eigenvalue weighted by molar-refractivity contribution is 6.30. The Balaban J connectivity index is 0.00000240. The zero-order chi connectivity index (χ0) is 20.0. The summed E-state index contributed by atoms with van der Waals surface area (Å²) in [6.45, 7) is 0. The van der Waals surface area contributed by atoms with Crippen molar-refractivity contribution in [1.82, 2.24) is 14.5 Å². The summed E-state index contributed by atoms with van der Waals surface area (Å²) in [6.07, 6.45) is -4.06. The van der Waals surface area contributed by atoms with E-state index in [2.05, 4.69) is 15.1 Å². The van der Waals surface area contributed by atoms with Crippen LogP contribution in [0, 0.1) is 5.82 Å². The number of rotatable bonds is 3. The number of nitrogens with two attached hydrogens (primary N) is 1. The molecule has 3 heterocycles. The number of aliphatic hydroxyl groups is 3. The topological polar surface area (TPSA) is 142 Å². The minimum absolute atomic E-state index is 0. The van der Waals surface area contributed by atoms with Crippen molar-refractivity contribution >= 4 is 35.0 Å². The maximum Gasteiger partial charge on any atom is 0.186 e. The second-order valence-corrected chi connectivity index (χ2v) is 6.87. The molecule has 0 aliphatic carbocycles. The Morgan fingerprint density at radius 3 is 2.62 bits per heavy atom. The molecule has 2 aromatic heterocycles. The molecule has 1 aliphatic heterocycles. The Bertz CT molecular complexity index is 1070. The summed E-state index contributed by atoms with van der Waals surface area (Å²) in [7, 11) is 0. The normalized spacial score (nSPS) is 25.9. The fraction of sp³-hybridized carbons (Fsp3) is 0.294. The van der Waals surface area contributed by atoms with Crippen molar-refractivity contribution in [3.8, 4) is 0 Å². The van der Waals surface area contributed by atoms with Crippen molar-refractivity contribution in [2.45, 2.75) is 30.6 Å². The van der Waals surface area contributed by atoms with Crippen LogP contribution in [-0.4, -0.2) is 48.2 Å². The first-order valence-electron chi connectivity index (χ1n) is 8.35. The van der Waals surface area contributed by atoms with Crippen LogP contribution < -0.4 is 11.3 Å². The number of H-pyrrole nitrogens is 1. The van der Waals surface area contributed by atoms with Crippen LogP contribution in [0.5, 0.6) is 0 Å². The van der Waals surface area contributed by atoms with Gasteiger partial charge >= 0.3 is 0 Å². The van der Waals surface area contributed by atoms with Gasteiger partial charge in [0.15, 0.2) is 17.5 Å². The van der Waals surface area contributed by atoms with Crippen LogP contribution in [0.2, 0.25) is 5.02 Å². The molecule has 1 unspecified atom stereocenters. The Hall–Kier alpha value is -2.21. The lowest BCUT2D eigenvalue weighted by Crippen LogP contribution is -2.34. The average molecular weight is 446 g/mol. The van der Waals surface area contributed by atoms with Crippen molar-refractivity contribution in [3.63, 3.8) is 0 Å². The molecule has 12 heteroatoms. The fourth-order valence-electron chi connectivity index (χ4n) is 3.40. The molecular weight excluding hydrogens is 428 g/mol. The molecule has 6 N–H and O–H groups in total. The third-order valence-electron chi connectivity index (χ3n) is 4.79. The van der Waals surface area contributed by atoms with Gasteiger partial charge < -0.3 is 35.5 Å². The van der Waals surface area contributed by atoms with E-state index in [0.717, 1.165) is 6.20 Å². The molecule has 1 saturated heterocycles. The highest BCUT2D eigenvalue weighted by Crippen LogP contribution is 2.37. The highest BCUT2D eigenvalue weighted by atomic mass is 35.5. The number of benzene rings is 1. The lowest BCUT2D eigenvalue weighted by atomic mass is 9.99. The van der Waals surface area contributed by atoms with E-state index in [-0.39, 0.29) is 28.9 Å². The van der Waals surface area contributed by atoms with Gasteiger partial charge in [-0.25, -0.2) is 9.37 Å². The lowest BCUT2D eigenvalue weighted by Gasteiger charge is -2.21. The van der Waals surface area contributed by atoms with Gasteiger partial charge in [-0.2, -0.15) is 5.10 Å². The first-order chi connectivity index (χ1) is 13.4. The molecule has 4 rings (SSSR count). The number of ether oxygens (including phenoxy) is 1. The van der Waals surface area contributed by atoms with E-state index in [9.17, 15) is 19.7 Å². The van der Waals surface area contributed by atoms with Gasteiger partial charge in [0.2, 0.25) is 0 Å². The number of aromatic amines is 1. The molecular formula is C17H18Cl2FN5O4. The van der Waals surface area contributed by atoms with Gasteiger partial charge in [-0.3, -0.25) is 0 Å². The first-order valence-corrected chi connectivity index (χ1v) is 8.73. The Morgan fingerprint density at radius 1 is 1.28 bits per heavy atom. The number of hydrogen-bond donors (Lipinski definition) is 5. The van der Waals surface area contributed by atoms with Crippen molar-refractivity contribution in [2.24, 2.45) is 10.9 Å². The van der Waals surface area contributed by atoms with Gasteiger partial charge in [-0.05, 0) is 17.7 Å². The molecule has 156 valence electrons. The van der Waals surface area contributed by atoms with Crippen LogP contribution >= 0.6 is 24.0 Å². The summed E-state index contributed by atoms with van der Waals surface area (Å²) in [4.78, 5) is 6.60. The van der Waals surface area contributed by atoms with Gasteiger partial charge in [-0.15, -0.1) is 12.4 Å². The summed E-state index contributed by atoms with van der Waals surface area (Å²) in [6, 6.07) is 6.35. The molecule has 0 bridgehead atoms. The average Bonchev–Trinajstić information content (AvgIpc) is 3.19. The molecule has 1 fully saturated rings. The lowest BCUT2D eigenvalue weighted by molar-refractivity contribution is -0.0849. The maximum atomic E-state index is 14.4. The van der Waals surface area contributed by atoms with E-state index in [1.165, 1.54) is 10.9 Å².